The first-order valence-electron chi connectivity index (χ1n) is 9.08. The number of nitrogens with one attached hydrogen (secondary N) is 2. The molecule has 0 atom stereocenters. The molecule has 1 aromatic carbocycles. The van der Waals surface area contributed by atoms with Gasteiger partial charge in [-0.15, -0.1) is 21.5 Å². The molecule has 2 N–H and O–H groups in total. The van der Waals surface area contributed by atoms with Gasteiger partial charge in [0.2, 0.25) is 11.0 Å². The maximum atomic E-state index is 12.1. The monoisotopic (exact) mass is 414 g/mol. The Labute approximate surface area is 172 Å². The number of aromatic nitrogens is 2. The summed E-state index contributed by atoms with van der Waals surface area (Å²) in [6.45, 7) is 4.76. The standard InChI is InChI=1S/C20H22N4O2S2/c1-13(2)14-7-9-15(10-8-14)19-23-24-20(28-19)22-17(25)6-3-11-21-18(26)16-5-4-12-27-16/h4-5,7-10,12-13H,3,6,11H2,1-2H3,(H,21,26)(H,22,24,25). The lowest BCUT2D eigenvalue weighted by Crippen LogP contribution is -2.24. The van der Waals surface area contributed by atoms with Gasteiger partial charge < -0.3 is 10.6 Å². The van der Waals surface area contributed by atoms with Gasteiger partial charge in [0.05, 0.1) is 4.88 Å². The SMILES string of the molecule is CC(C)c1ccc(-c2nnc(NC(=O)CCCNC(=O)c3cccs3)s2)cc1. The zero-order chi connectivity index (χ0) is 19.9. The fraction of sp³-hybridized carbons (Fsp3) is 0.300. The molecule has 0 saturated heterocycles. The maximum absolute atomic E-state index is 12.1. The number of hydrogen-bond acceptors (Lipinski definition) is 6. The van der Waals surface area contributed by atoms with Crippen LogP contribution in [0.2, 0.25) is 0 Å². The number of benzene rings is 1. The van der Waals surface area contributed by atoms with E-state index >= 15 is 0 Å². The summed E-state index contributed by atoms with van der Waals surface area (Å²) >= 11 is 2.74. The molecule has 0 aliphatic carbocycles. The Balaban J connectivity index is 1.44. The minimum atomic E-state index is -0.136. The van der Waals surface area contributed by atoms with Crippen molar-refractivity contribution in [1.29, 1.82) is 0 Å². The molecule has 8 heteroatoms. The highest BCUT2D eigenvalue weighted by molar-refractivity contribution is 7.18. The van der Waals surface area contributed by atoms with Crippen molar-refractivity contribution in [3.05, 3.63) is 52.2 Å². The molecule has 0 fully saturated rings. The van der Waals surface area contributed by atoms with Gasteiger partial charge in [0, 0.05) is 18.5 Å². The molecule has 2 heterocycles. The van der Waals surface area contributed by atoms with Crippen molar-refractivity contribution in [3.8, 4) is 10.6 Å². The van der Waals surface area contributed by atoms with Crippen LogP contribution >= 0.6 is 22.7 Å². The molecule has 0 radical (unpaired) electrons. The van der Waals surface area contributed by atoms with E-state index in [2.05, 4.69) is 46.8 Å². The molecule has 3 aromatic rings. The molecule has 2 aromatic heterocycles. The number of carbonyl (C=O) groups is 2. The van der Waals surface area contributed by atoms with E-state index in [4.69, 9.17) is 0 Å². The summed E-state index contributed by atoms with van der Waals surface area (Å²) in [7, 11) is 0. The van der Waals surface area contributed by atoms with E-state index in [1.54, 1.807) is 6.07 Å². The number of hydrogen-bond donors (Lipinski definition) is 2. The topological polar surface area (TPSA) is 84.0 Å². The minimum absolute atomic E-state index is 0.104. The molecule has 0 saturated carbocycles. The summed E-state index contributed by atoms with van der Waals surface area (Å²) in [5.41, 5.74) is 2.26. The molecular formula is C20H22N4O2S2. The molecule has 3 rings (SSSR count). The summed E-state index contributed by atoms with van der Waals surface area (Å²) < 4.78 is 0. The molecule has 0 unspecified atom stereocenters. The van der Waals surface area contributed by atoms with Crippen molar-refractivity contribution < 1.29 is 9.59 Å². The Morgan fingerprint density at radius 2 is 1.89 bits per heavy atom. The Morgan fingerprint density at radius 3 is 2.57 bits per heavy atom. The summed E-state index contributed by atoms with van der Waals surface area (Å²) in [5.74, 6) is 0.240. The highest BCUT2D eigenvalue weighted by atomic mass is 32.1. The fourth-order valence-electron chi connectivity index (χ4n) is 2.53. The highest BCUT2D eigenvalue weighted by Crippen LogP contribution is 2.27. The van der Waals surface area contributed by atoms with Crippen LogP contribution in [0.1, 0.15) is 47.8 Å². The summed E-state index contributed by atoms with van der Waals surface area (Å²) in [6.07, 6.45) is 0.869. The lowest BCUT2D eigenvalue weighted by molar-refractivity contribution is -0.116. The first-order chi connectivity index (χ1) is 13.5. The molecule has 146 valence electrons. The second kappa shape index (κ2) is 9.57. The molecule has 0 spiro atoms. The number of carbonyl (C=O) groups excluding carboxylic acids is 2. The third-order valence-electron chi connectivity index (χ3n) is 4.11. The Morgan fingerprint density at radius 1 is 1.11 bits per heavy atom. The van der Waals surface area contributed by atoms with Gasteiger partial charge in [-0.05, 0) is 29.3 Å². The van der Waals surface area contributed by atoms with Crippen molar-refractivity contribution in [2.45, 2.75) is 32.6 Å². The second-order valence-corrected chi connectivity index (χ2v) is 8.50. The minimum Gasteiger partial charge on any atom is -0.351 e. The van der Waals surface area contributed by atoms with Crippen LogP contribution in [0.4, 0.5) is 5.13 Å². The first-order valence-corrected chi connectivity index (χ1v) is 10.8. The summed E-state index contributed by atoms with van der Waals surface area (Å²) in [6, 6.07) is 11.8. The van der Waals surface area contributed by atoms with Crippen LogP contribution in [0.25, 0.3) is 10.6 Å². The fourth-order valence-corrected chi connectivity index (χ4v) is 3.93. The van der Waals surface area contributed by atoms with Crippen LogP contribution in [0.3, 0.4) is 0 Å². The van der Waals surface area contributed by atoms with E-state index in [-0.39, 0.29) is 11.8 Å². The molecule has 6 nitrogen and oxygen atoms in total. The smallest absolute Gasteiger partial charge is 0.261 e. The van der Waals surface area contributed by atoms with Crippen LogP contribution in [0, 0.1) is 0 Å². The molecule has 0 bridgehead atoms. The van der Waals surface area contributed by atoms with Crippen molar-refractivity contribution in [2.75, 3.05) is 11.9 Å². The van der Waals surface area contributed by atoms with Gasteiger partial charge in [0.25, 0.3) is 5.91 Å². The number of amides is 2. The predicted molar refractivity (Wildman–Crippen MR) is 114 cm³/mol. The second-order valence-electron chi connectivity index (χ2n) is 6.57. The number of thiophene rings is 1. The Kier molecular flexibility index (Phi) is 6.89. The number of nitrogens with zero attached hydrogens (tertiary/aromatic N) is 2. The van der Waals surface area contributed by atoms with Crippen LogP contribution < -0.4 is 10.6 Å². The van der Waals surface area contributed by atoms with Gasteiger partial charge in [0.15, 0.2) is 0 Å². The van der Waals surface area contributed by atoms with Crippen molar-refractivity contribution in [1.82, 2.24) is 15.5 Å². The average molecular weight is 415 g/mol. The van der Waals surface area contributed by atoms with E-state index < -0.39 is 0 Å². The lowest BCUT2D eigenvalue weighted by Gasteiger charge is -2.05. The highest BCUT2D eigenvalue weighted by Gasteiger charge is 2.11. The van der Waals surface area contributed by atoms with Gasteiger partial charge >= 0.3 is 0 Å². The predicted octanol–water partition coefficient (Wildman–Crippen LogP) is 4.54. The Hall–Kier alpha value is -2.58. The van der Waals surface area contributed by atoms with Crippen molar-refractivity contribution in [2.24, 2.45) is 0 Å². The first kappa shape index (κ1) is 20.2. The molecular weight excluding hydrogens is 392 g/mol. The molecule has 2 amide bonds. The van der Waals surface area contributed by atoms with E-state index in [9.17, 15) is 9.59 Å². The van der Waals surface area contributed by atoms with Crippen LogP contribution in [-0.2, 0) is 4.79 Å². The quantitative estimate of drug-likeness (QED) is 0.530. The van der Waals surface area contributed by atoms with Crippen LogP contribution in [0.5, 0.6) is 0 Å². The van der Waals surface area contributed by atoms with Crippen molar-refractivity contribution >= 4 is 39.6 Å². The van der Waals surface area contributed by atoms with Crippen molar-refractivity contribution in [3.63, 3.8) is 0 Å². The third kappa shape index (κ3) is 5.46. The van der Waals surface area contributed by atoms with Gasteiger partial charge in [-0.1, -0.05) is 55.5 Å². The zero-order valence-corrected chi connectivity index (χ0v) is 17.4. The van der Waals surface area contributed by atoms with Gasteiger partial charge in [-0.3, -0.25) is 9.59 Å². The third-order valence-corrected chi connectivity index (χ3v) is 5.86. The largest absolute Gasteiger partial charge is 0.351 e. The molecule has 0 aliphatic heterocycles. The summed E-state index contributed by atoms with van der Waals surface area (Å²) in [4.78, 5) is 24.6. The van der Waals surface area contributed by atoms with Gasteiger partial charge in [-0.2, -0.15) is 0 Å². The normalized spacial score (nSPS) is 10.8. The Bertz CT molecular complexity index is 918. The van der Waals surface area contributed by atoms with E-state index in [1.165, 1.54) is 28.2 Å². The van der Waals surface area contributed by atoms with E-state index in [0.717, 1.165) is 10.6 Å². The van der Waals surface area contributed by atoms with Gasteiger partial charge in [-0.25, -0.2) is 0 Å². The van der Waals surface area contributed by atoms with E-state index in [1.807, 2.05) is 23.6 Å². The lowest BCUT2D eigenvalue weighted by atomic mass is 10.0. The average Bonchev–Trinajstić information content (AvgIpc) is 3.37. The van der Waals surface area contributed by atoms with Crippen LogP contribution in [0.15, 0.2) is 41.8 Å². The zero-order valence-electron chi connectivity index (χ0n) is 15.8. The maximum Gasteiger partial charge on any atom is 0.261 e. The number of anilines is 1. The molecule has 0 aliphatic rings. The summed E-state index contributed by atoms with van der Waals surface area (Å²) in [5, 5.41) is 16.9. The van der Waals surface area contributed by atoms with Gasteiger partial charge in [0.1, 0.15) is 5.01 Å². The van der Waals surface area contributed by atoms with E-state index in [0.29, 0.717) is 35.3 Å². The molecule has 28 heavy (non-hydrogen) atoms. The van der Waals surface area contributed by atoms with Crippen LogP contribution in [-0.4, -0.2) is 28.6 Å². The number of rotatable bonds is 8.